The summed E-state index contributed by atoms with van der Waals surface area (Å²) in [6.07, 6.45) is 0. The minimum atomic E-state index is -0.155. The van der Waals surface area contributed by atoms with Crippen molar-refractivity contribution in [3.8, 4) is 100 Å². The van der Waals surface area contributed by atoms with Crippen LogP contribution in [0.4, 0.5) is 0 Å². The summed E-state index contributed by atoms with van der Waals surface area (Å²) >= 11 is 0. The summed E-state index contributed by atoms with van der Waals surface area (Å²) in [7, 11) is 0. The first-order valence-corrected chi connectivity index (χ1v) is 26.1. The summed E-state index contributed by atoms with van der Waals surface area (Å²) in [5.74, 6) is 0. The second-order valence-electron chi connectivity index (χ2n) is 21.6. The highest BCUT2D eigenvalue weighted by Gasteiger charge is 2.38. The normalized spacial score (nSPS) is 13.6. The van der Waals surface area contributed by atoms with Gasteiger partial charge in [0.25, 0.3) is 0 Å². The van der Waals surface area contributed by atoms with Crippen molar-refractivity contribution in [2.45, 2.75) is 38.5 Å². The zero-order valence-electron chi connectivity index (χ0n) is 42.2. The largest absolute Gasteiger partial charge is 0.0622 e. The Kier molecular flexibility index (Phi) is 10.0. The van der Waals surface area contributed by atoms with Gasteiger partial charge in [0.05, 0.1) is 0 Å². The quantitative estimate of drug-likeness (QED) is 0.149. The molecule has 12 aromatic rings. The Hall–Kier alpha value is -8.84. The molecule has 350 valence electrons. The van der Waals surface area contributed by atoms with Crippen LogP contribution in [0.3, 0.4) is 0 Å². The molecule has 2 aliphatic carbocycles. The molecule has 0 atom stereocenters. The SMILES string of the molecule is CC1(C)c2cc(-c3ccc(-c4ccc(-c5ccccc5)c5ccccc45)cc3)ccc2-c2ccc(-c3ccc4c(c3)C(C)(C)c3cc(-c5ccc(-c6ccc(-c7ccccc7)c7ccccc67)cc5)ccc3-4)cc21. The molecule has 14 rings (SSSR count). The average molecular weight is 943 g/mol. The van der Waals surface area contributed by atoms with Gasteiger partial charge in [-0.1, -0.05) is 258 Å². The highest BCUT2D eigenvalue weighted by Crippen LogP contribution is 2.53. The lowest BCUT2D eigenvalue weighted by molar-refractivity contribution is 0.660. The number of rotatable bonds is 7. The molecule has 0 heteroatoms. The average Bonchev–Trinajstić information content (AvgIpc) is 3.83. The molecule has 0 radical (unpaired) electrons. The van der Waals surface area contributed by atoms with Gasteiger partial charge in [-0.2, -0.15) is 0 Å². The van der Waals surface area contributed by atoms with Crippen LogP contribution in [0.15, 0.2) is 255 Å². The first-order valence-electron chi connectivity index (χ1n) is 26.1. The first-order chi connectivity index (χ1) is 36.2. The fourth-order valence-electron chi connectivity index (χ4n) is 12.7. The molecule has 0 aromatic heterocycles. The Balaban J connectivity index is 0.723. The van der Waals surface area contributed by atoms with E-state index in [0.29, 0.717) is 0 Å². The van der Waals surface area contributed by atoms with Gasteiger partial charge in [0.1, 0.15) is 0 Å². The van der Waals surface area contributed by atoms with Gasteiger partial charge in [-0.25, -0.2) is 0 Å². The van der Waals surface area contributed by atoms with Crippen LogP contribution >= 0.6 is 0 Å². The van der Waals surface area contributed by atoms with Crippen molar-refractivity contribution in [2.75, 3.05) is 0 Å². The topological polar surface area (TPSA) is 0 Å². The second kappa shape index (κ2) is 16.9. The summed E-state index contributed by atoms with van der Waals surface area (Å²) in [5.41, 5.74) is 28.1. The van der Waals surface area contributed by atoms with Crippen LogP contribution < -0.4 is 0 Å². The maximum absolute atomic E-state index is 2.47. The fraction of sp³-hybridized carbons (Fsp3) is 0.0811. The van der Waals surface area contributed by atoms with Gasteiger partial charge in [0.15, 0.2) is 0 Å². The van der Waals surface area contributed by atoms with Crippen molar-refractivity contribution in [3.05, 3.63) is 277 Å². The number of benzene rings is 12. The molecule has 0 bridgehead atoms. The van der Waals surface area contributed by atoms with Gasteiger partial charge < -0.3 is 0 Å². The summed E-state index contributed by atoms with van der Waals surface area (Å²) < 4.78 is 0. The van der Waals surface area contributed by atoms with Crippen molar-refractivity contribution >= 4 is 21.5 Å². The van der Waals surface area contributed by atoms with Crippen LogP contribution in [0.2, 0.25) is 0 Å². The zero-order valence-corrected chi connectivity index (χ0v) is 42.2. The Morgan fingerprint density at radius 1 is 0.176 bits per heavy atom. The van der Waals surface area contributed by atoms with E-state index in [1.807, 2.05) is 0 Å². The van der Waals surface area contributed by atoms with E-state index in [1.165, 1.54) is 144 Å². The van der Waals surface area contributed by atoms with Gasteiger partial charge in [0, 0.05) is 10.8 Å². The molecule has 0 aliphatic heterocycles. The predicted octanol–water partition coefficient (Wildman–Crippen LogP) is 20.3. The molecule has 0 saturated heterocycles. The van der Waals surface area contributed by atoms with Crippen LogP contribution in [-0.4, -0.2) is 0 Å². The van der Waals surface area contributed by atoms with E-state index in [2.05, 4.69) is 282 Å². The minimum absolute atomic E-state index is 0.155. The van der Waals surface area contributed by atoms with Crippen LogP contribution in [-0.2, 0) is 10.8 Å². The molecular weight excluding hydrogens is 889 g/mol. The van der Waals surface area contributed by atoms with Crippen LogP contribution in [0.25, 0.3) is 122 Å². The van der Waals surface area contributed by atoms with Crippen LogP contribution in [0, 0.1) is 0 Å². The molecule has 0 heterocycles. The third-order valence-corrected chi connectivity index (χ3v) is 16.8. The van der Waals surface area contributed by atoms with Crippen LogP contribution in [0.1, 0.15) is 49.9 Å². The predicted molar refractivity (Wildman–Crippen MR) is 315 cm³/mol. The van der Waals surface area contributed by atoms with Gasteiger partial charge in [-0.15, -0.1) is 0 Å². The summed E-state index contributed by atoms with van der Waals surface area (Å²) in [6.45, 7) is 9.60. The first kappa shape index (κ1) is 43.9. The number of fused-ring (bicyclic) bond motifs is 8. The summed E-state index contributed by atoms with van der Waals surface area (Å²) in [4.78, 5) is 0. The number of hydrogen-bond acceptors (Lipinski definition) is 0. The molecule has 0 N–H and O–H groups in total. The van der Waals surface area contributed by atoms with Gasteiger partial charge in [-0.3, -0.25) is 0 Å². The molecule has 2 aliphatic rings. The van der Waals surface area contributed by atoms with E-state index < -0.39 is 0 Å². The second-order valence-corrected chi connectivity index (χ2v) is 21.6. The highest BCUT2D eigenvalue weighted by atomic mass is 14.4. The molecule has 0 amide bonds. The standard InChI is InChI=1S/C74H54/c1-73(2)69-43-53(47-23-27-51(28-24-47)59-41-39-57(49-15-7-5-8-16-49)61-19-11-13-21-63(59)61)31-35-65(69)67-37-33-55(45-71(67)73)56-34-38-68-66-36-32-54(44-70(66)74(3,4)72(68)46-56)48-25-29-52(30-26-48)60-42-40-58(50-17-9-6-10-18-50)62-20-12-14-22-64(60)62/h5-46H,1-4H3. The van der Waals surface area contributed by atoms with E-state index in [4.69, 9.17) is 0 Å². The molecule has 0 saturated carbocycles. The van der Waals surface area contributed by atoms with E-state index in [-0.39, 0.29) is 10.8 Å². The maximum atomic E-state index is 2.47. The Labute approximate surface area is 434 Å². The van der Waals surface area contributed by atoms with Gasteiger partial charge >= 0.3 is 0 Å². The minimum Gasteiger partial charge on any atom is -0.0622 e. The molecule has 0 nitrogen and oxygen atoms in total. The van der Waals surface area contributed by atoms with Crippen molar-refractivity contribution in [1.82, 2.24) is 0 Å². The summed E-state index contributed by atoms with van der Waals surface area (Å²) in [5, 5.41) is 5.10. The summed E-state index contributed by atoms with van der Waals surface area (Å²) in [6, 6.07) is 95.1. The monoisotopic (exact) mass is 942 g/mol. The van der Waals surface area contributed by atoms with Crippen molar-refractivity contribution < 1.29 is 0 Å². The molecular formula is C74H54. The smallest absolute Gasteiger partial charge is 0.0159 e. The van der Waals surface area contributed by atoms with Crippen LogP contribution in [0.5, 0.6) is 0 Å². The molecule has 12 aromatic carbocycles. The highest BCUT2D eigenvalue weighted by molar-refractivity contribution is 6.06. The maximum Gasteiger partial charge on any atom is 0.0159 e. The molecule has 0 unspecified atom stereocenters. The van der Waals surface area contributed by atoms with Gasteiger partial charge in [0.2, 0.25) is 0 Å². The van der Waals surface area contributed by atoms with E-state index in [0.717, 1.165) is 0 Å². The zero-order chi connectivity index (χ0) is 49.7. The Morgan fingerprint density at radius 3 is 0.662 bits per heavy atom. The molecule has 0 fully saturated rings. The fourth-order valence-corrected chi connectivity index (χ4v) is 12.7. The lowest BCUT2D eigenvalue weighted by atomic mass is 9.79. The van der Waals surface area contributed by atoms with Crippen molar-refractivity contribution in [1.29, 1.82) is 0 Å². The van der Waals surface area contributed by atoms with Gasteiger partial charge in [-0.05, 0) is 168 Å². The third kappa shape index (κ3) is 6.97. The molecule has 0 spiro atoms. The Morgan fingerprint density at radius 2 is 0.378 bits per heavy atom. The Bertz CT molecular complexity index is 3910. The lowest BCUT2D eigenvalue weighted by Crippen LogP contribution is -2.15. The third-order valence-electron chi connectivity index (χ3n) is 16.8. The lowest BCUT2D eigenvalue weighted by Gasteiger charge is -2.24. The number of hydrogen-bond donors (Lipinski definition) is 0. The van der Waals surface area contributed by atoms with E-state index in [9.17, 15) is 0 Å². The van der Waals surface area contributed by atoms with Crippen molar-refractivity contribution in [3.63, 3.8) is 0 Å². The molecule has 74 heavy (non-hydrogen) atoms. The van der Waals surface area contributed by atoms with Crippen molar-refractivity contribution in [2.24, 2.45) is 0 Å². The van der Waals surface area contributed by atoms with E-state index in [1.54, 1.807) is 0 Å². The van der Waals surface area contributed by atoms with E-state index >= 15 is 0 Å².